The molecule has 136 valence electrons. The van der Waals surface area contributed by atoms with Crippen LogP contribution in [0.4, 0.5) is 4.79 Å². The Labute approximate surface area is 142 Å². The fraction of sp³-hybridized carbons (Fsp3) is 0.944. The summed E-state index contributed by atoms with van der Waals surface area (Å²) in [5, 5.41) is 15.0. The molecule has 1 atom stereocenters. The number of rotatable bonds is 8. The monoisotopic (exact) mass is 327 g/mol. The van der Waals surface area contributed by atoms with Crippen LogP contribution in [-0.2, 0) is 0 Å². The van der Waals surface area contributed by atoms with Gasteiger partial charge in [-0.15, -0.1) is 0 Å². The molecule has 1 unspecified atom stereocenters. The quantitative estimate of drug-likeness (QED) is 0.641. The first-order valence-corrected chi connectivity index (χ1v) is 9.12. The van der Waals surface area contributed by atoms with E-state index in [1.165, 1.54) is 12.8 Å². The van der Waals surface area contributed by atoms with Crippen LogP contribution < -0.4 is 10.6 Å². The summed E-state index contributed by atoms with van der Waals surface area (Å²) in [5.74, 6) is 1.35. The maximum atomic E-state index is 12.1. The summed E-state index contributed by atoms with van der Waals surface area (Å²) in [4.78, 5) is 14.6. The first-order valence-electron chi connectivity index (χ1n) is 9.12. The van der Waals surface area contributed by atoms with Crippen LogP contribution in [0.15, 0.2) is 0 Å². The lowest BCUT2D eigenvalue weighted by molar-refractivity contribution is 0.108. The van der Waals surface area contributed by atoms with Crippen LogP contribution in [0.2, 0.25) is 0 Å². The number of likely N-dealkylation sites (tertiary alicyclic amines) is 1. The largest absolute Gasteiger partial charge is 0.396 e. The van der Waals surface area contributed by atoms with Crippen molar-refractivity contribution in [2.45, 2.75) is 59.9 Å². The summed E-state index contributed by atoms with van der Waals surface area (Å²) in [7, 11) is 0. The van der Waals surface area contributed by atoms with Crippen LogP contribution in [0, 0.1) is 17.3 Å². The second-order valence-electron chi connectivity index (χ2n) is 8.23. The van der Waals surface area contributed by atoms with E-state index in [9.17, 15) is 4.79 Å². The smallest absolute Gasteiger partial charge is 0.314 e. The average molecular weight is 328 g/mol. The standard InChI is InChI=1S/C18H37N3O2/c1-14(2)16(21-9-6-15(3)7-10-21)12-19-17(23)20-13-18(4,5)8-11-22/h14-16,22H,6-13H2,1-5H3,(H2,19,20,23). The Kier molecular flexibility index (Phi) is 8.34. The molecule has 2 amide bonds. The molecule has 5 heteroatoms. The summed E-state index contributed by atoms with van der Waals surface area (Å²) < 4.78 is 0. The van der Waals surface area contributed by atoms with Gasteiger partial charge in [-0.25, -0.2) is 4.79 Å². The van der Waals surface area contributed by atoms with Gasteiger partial charge in [0.25, 0.3) is 0 Å². The molecule has 1 aliphatic rings. The number of aliphatic hydroxyl groups is 1. The molecule has 1 rings (SSSR count). The second-order valence-corrected chi connectivity index (χ2v) is 8.23. The third-order valence-electron chi connectivity index (χ3n) is 5.04. The Bertz CT molecular complexity index is 350. The van der Waals surface area contributed by atoms with Gasteiger partial charge in [0, 0.05) is 25.7 Å². The van der Waals surface area contributed by atoms with Crippen molar-refractivity contribution >= 4 is 6.03 Å². The van der Waals surface area contributed by atoms with Gasteiger partial charge in [-0.2, -0.15) is 0 Å². The number of carbonyl (C=O) groups excluding carboxylic acids is 1. The first kappa shape index (κ1) is 20.2. The Balaban J connectivity index is 2.38. The number of carbonyl (C=O) groups is 1. The summed E-state index contributed by atoms with van der Waals surface area (Å²) in [6, 6.07) is 0.297. The highest BCUT2D eigenvalue weighted by Gasteiger charge is 2.26. The number of amides is 2. The highest BCUT2D eigenvalue weighted by molar-refractivity contribution is 5.73. The molecule has 0 aromatic carbocycles. The zero-order valence-corrected chi connectivity index (χ0v) is 15.7. The van der Waals surface area contributed by atoms with Crippen molar-refractivity contribution in [2.24, 2.45) is 17.3 Å². The van der Waals surface area contributed by atoms with E-state index < -0.39 is 0 Å². The zero-order valence-electron chi connectivity index (χ0n) is 15.7. The second kappa shape index (κ2) is 9.48. The Morgan fingerprint density at radius 2 is 1.87 bits per heavy atom. The van der Waals surface area contributed by atoms with Crippen molar-refractivity contribution in [3.8, 4) is 0 Å². The number of piperidine rings is 1. The van der Waals surface area contributed by atoms with E-state index in [0.717, 1.165) is 19.0 Å². The van der Waals surface area contributed by atoms with E-state index in [4.69, 9.17) is 5.11 Å². The van der Waals surface area contributed by atoms with Crippen LogP contribution in [0.1, 0.15) is 53.9 Å². The highest BCUT2D eigenvalue weighted by Crippen LogP contribution is 2.21. The molecule has 0 aromatic rings. The van der Waals surface area contributed by atoms with Crippen molar-refractivity contribution < 1.29 is 9.90 Å². The molecule has 23 heavy (non-hydrogen) atoms. The third kappa shape index (κ3) is 7.53. The van der Waals surface area contributed by atoms with Crippen molar-refractivity contribution in [2.75, 3.05) is 32.8 Å². The van der Waals surface area contributed by atoms with Gasteiger partial charge in [0.1, 0.15) is 0 Å². The van der Waals surface area contributed by atoms with Gasteiger partial charge in [-0.05, 0) is 49.6 Å². The van der Waals surface area contributed by atoms with Gasteiger partial charge >= 0.3 is 6.03 Å². The Morgan fingerprint density at radius 1 is 1.26 bits per heavy atom. The molecule has 0 bridgehead atoms. The van der Waals surface area contributed by atoms with Gasteiger partial charge in [0.2, 0.25) is 0 Å². The van der Waals surface area contributed by atoms with E-state index in [-0.39, 0.29) is 18.1 Å². The van der Waals surface area contributed by atoms with Gasteiger partial charge in [0.05, 0.1) is 0 Å². The molecular weight excluding hydrogens is 290 g/mol. The number of hydrogen-bond acceptors (Lipinski definition) is 3. The van der Waals surface area contributed by atoms with Gasteiger partial charge < -0.3 is 15.7 Å². The van der Waals surface area contributed by atoms with E-state index in [2.05, 4.69) is 50.2 Å². The predicted molar refractivity (Wildman–Crippen MR) is 95.5 cm³/mol. The van der Waals surface area contributed by atoms with Crippen LogP contribution in [-0.4, -0.2) is 54.9 Å². The molecule has 0 spiro atoms. The van der Waals surface area contributed by atoms with Gasteiger partial charge in [-0.1, -0.05) is 34.6 Å². The molecular formula is C18H37N3O2. The molecule has 0 aromatic heterocycles. The summed E-state index contributed by atoms with van der Waals surface area (Å²) in [6.07, 6.45) is 3.20. The van der Waals surface area contributed by atoms with E-state index in [1.807, 2.05) is 0 Å². The van der Waals surface area contributed by atoms with Gasteiger partial charge in [-0.3, -0.25) is 4.90 Å². The third-order valence-corrected chi connectivity index (χ3v) is 5.04. The number of aliphatic hydroxyl groups excluding tert-OH is 1. The predicted octanol–water partition coefficient (Wildman–Crippen LogP) is 2.45. The van der Waals surface area contributed by atoms with Crippen molar-refractivity contribution in [1.82, 2.24) is 15.5 Å². The minimum atomic E-state index is -0.105. The molecule has 1 heterocycles. The molecule has 3 N–H and O–H groups in total. The molecule has 0 aliphatic carbocycles. The Morgan fingerprint density at radius 3 is 2.39 bits per heavy atom. The lowest BCUT2D eigenvalue weighted by Crippen LogP contribution is -2.51. The van der Waals surface area contributed by atoms with Crippen LogP contribution in [0.3, 0.4) is 0 Å². The maximum absolute atomic E-state index is 12.1. The fourth-order valence-corrected chi connectivity index (χ4v) is 3.12. The van der Waals surface area contributed by atoms with E-state index in [1.54, 1.807) is 0 Å². The molecule has 1 fully saturated rings. The minimum Gasteiger partial charge on any atom is -0.396 e. The lowest BCUT2D eigenvalue weighted by Gasteiger charge is -2.39. The number of nitrogens with zero attached hydrogens (tertiary/aromatic N) is 1. The van der Waals surface area contributed by atoms with Crippen LogP contribution in [0.25, 0.3) is 0 Å². The van der Waals surface area contributed by atoms with E-state index >= 15 is 0 Å². The average Bonchev–Trinajstić information content (AvgIpc) is 2.47. The molecule has 1 aliphatic heterocycles. The normalized spacial score (nSPS) is 18.9. The van der Waals surface area contributed by atoms with E-state index in [0.29, 0.717) is 31.5 Å². The fourth-order valence-electron chi connectivity index (χ4n) is 3.12. The van der Waals surface area contributed by atoms with Crippen LogP contribution >= 0.6 is 0 Å². The summed E-state index contributed by atoms with van der Waals surface area (Å²) in [5.41, 5.74) is -0.0768. The number of hydrogen-bond donors (Lipinski definition) is 3. The topological polar surface area (TPSA) is 64.6 Å². The zero-order chi connectivity index (χ0) is 17.5. The van der Waals surface area contributed by atoms with Gasteiger partial charge in [0.15, 0.2) is 0 Å². The Hall–Kier alpha value is -0.810. The SMILES string of the molecule is CC1CCN(C(CNC(=O)NCC(C)(C)CCO)C(C)C)CC1. The molecule has 0 saturated carbocycles. The summed E-state index contributed by atoms with van der Waals surface area (Å²) in [6.45, 7) is 14.6. The number of nitrogens with one attached hydrogen (secondary N) is 2. The highest BCUT2D eigenvalue weighted by atomic mass is 16.3. The van der Waals surface area contributed by atoms with Crippen molar-refractivity contribution in [1.29, 1.82) is 0 Å². The molecule has 5 nitrogen and oxygen atoms in total. The summed E-state index contributed by atoms with van der Waals surface area (Å²) >= 11 is 0. The molecule has 1 saturated heterocycles. The van der Waals surface area contributed by atoms with Crippen LogP contribution in [0.5, 0.6) is 0 Å². The van der Waals surface area contributed by atoms with Crippen molar-refractivity contribution in [3.05, 3.63) is 0 Å². The van der Waals surface area contributed by atoms with Crippen molar-refractivity contribution in [3.63, 3.8) is 0 Å². The first-order chi connectivity index (χ1) is 10.7. The maximum Gasteiger partial charge on any atom is 0.314 e. The molecule has 0 radical (unpaired) electrons. The minimum absolute atomic E-state index is 0.0768. The number of urea groups is 1. The lowest BCUT2D eigenvalue weighted by atomic mass is 9.90.